The fourth-order valence-corrected chi connectivity index (χ4v) is 3.50. The number of aliphatic hydroxyl groups is 1. The molecule has 1 unspecified atom stereocenters. The molecular weight excluding hydrogens is 269 g/mol. The molecule has 2 heterocycles. The molecule has 1 saturated heterocycles. The lowest BCUT2D eigenvalue weighted by molar-refractivity contribution is -0.0671. The lowest BCUT2D eigenvalue weighted by Crippen LogP contribution is -2.54. The Morgan fingerprint density at radius 1 is 1.29 bits per heavy atom. The number of aliphatic hydroxyl groups excluding tert-OH is 1. The molecule has 0 amide bonds. The van der Waals surface area contributed by atoms with Crippen molar-refractivity contribution in [1.82, 2.24) is 4.90 Å². The van der Waals surface area contributed by atoms with Crippen LogP contribution in [0.1, 0.15) is 51.7 Å². The van der Waals surface area contributed by atoms with Crippen LogP contribution >= 0.6 is 0 Å². The van der Waals surface area contributed by atoms with E-state index in [4.69, 9.17) is 4.74 Å². The van der Waals surface area contributed by atoms with Crippen LogP contribution in [0.4, 0.5) is 4.39 Å². The van der Waals surface area contributed by atoms with Gasteiger partial charge in [0.05, 0.1) is 6.10 Å². The van der Waals surface area contributed by atoms with Crippen LogP contribution < -0.4 is 4.74 Å². The van der Waals surface area contributed by atoms with Crippen LogP contribution in [0, 0.1) is 5.82 Å². The summed E-state index contributed by atoms with van der Waals surface area (Å²) in [5.74, 6) is 0.197. The molecule has 3 rings (SSSR count). The third-order valence-electron chi connectivity index (χ3n) is 4.85. The zero-order chi connectivity index (χ0) is 15.3. The van der Waals surface area contributed by atoms with Crippen molar-refractivity contribution in [3.05, 3.63) is 29.6 Å². The summed E-state index contributed by atoms with van der Waals surface area (Å²) in [5.41, 5.74) is 0.515. The van der Waals surface area contributed by atoms with Gasteiger partial charge in [-0.05, 0) is 45.7 Å². The lowest BCUT2D eigenvalue weighted by atomic mass is 9.80. The molecule has 1 fully saturated rings. The van der Waals surface area contributed by atoms with E-state index in [1.807, 2.05) is 0 Å². The summed E-state index contributed by atoms with van der Waals surface area (Å²) in [4.78, 5) is 2.44. The van der Waals surface area contributed by atoms with E-state index in [0.717, 1.165) is 25.9 Å². The van der Waals surface area contributed by atoms with E-state index in [9.17, 15) is 9.50 Å². The molecule has 1 aromatic rings. The molecule has 1 spiro atoms. The minimum Gasteiger partial charge on any atom is -0.487 e. The highest BCUT2D eigenvalue weighted by Gasteiger charge is 2.44. The maximum atomic E-state index is 13.4. The highest BCUT2D eigenvalue weighted by atomic mass is 19.1. The van der Waals surface area contributed by atoms with Gasteiger partial charge in [-0.1, -0.05) is 0 Å². The van der Waals surface area contributed by atoms with E-state index >= 15 is 0 Å². The zero-order valence-corrected chi connectivity index (χ0v) is 13.0. The van der Waals surface area contributed by atoms with Crippen LogP contribution in [0.5, 0.6) is 5.75 Å². The summed E-state index contributed by atoms with van der Waals surface area (Å²) in [7, 11) is 0. The molecule has 0 bridgehead atoms. The van der Waals surface area contributed by atoms with Gasteiger partial charge in [0, 0.05) is 36.7 Å². The van der Waals surface area contributed by atoms with E-state index in [2.05, 4.69) is 25.7 Å². The predicted octanol–water partition coefficient (Wildman–Crippen LogP) is 3.27. The number of hydrogen-bond donors (Lipinski definition) is 1. The van der Waals surface area contributed by atoms with Crippen molar-refractivity contribution in [2.24, 2.45) is 0 Å². The number of halogens is 1. The lowest BCUT2D eigenvalue weighted by Gasteiger charge is -2.49. The molecule has 0 aliphatic carbocycles. The minimum absolute atomic E-state index is 0.152. The van der Waals surface area contributed by atoms with Gasteiger partial charge in [0.2, 0.25) is 0 Å². The van der Waals surface area contributed by atoms with E-state index in [0.29, 0.717) is 17.7 Å². The molecule has 2 aliphatic rings. The Kier molecular flexibility index (Phi) is 3.49. The summed E-state index contributed by atoms with van der Waals surface area (Å²) in [6.07, 6.45) is 1.79. The first-order valence-corrected chi connectivity index (χ1v) is 7.71. The Morgan fingerprint density at radius 3 is 2.57 bits per heavy atom. The van der Waals surface area contributed by atoms with Crippen molar-refractivity contribution in [2.75, 3.05) is 13.1 Å². The highest BCUT2D eigenvalue weighted by Crippen LogP contribution is 2.44. The Balaban J connectivity index is 1.80. The summed E-state index contributed by atoms with van der Waals surface area (Å²) in [6.45, 7) is 8.53. The molecule has 4 heteroatoms. The molecule has 21 heavy (non-hydrogen) atoms. The van der Waals surface area contributed by atoms with Gasteiger partial charge >= 0.3 is 0 Å². The number of ether oxygens (including phenoxy) is 1. The van der Waals surface area contributed by atoms with E-state index in [1.165, 1.54) is 12.1 Å². The second-order valence-electron chi connectivity index (χ2n) is 7.35. The van der Waals surface area contributed by atoms with Gasteiger partial charge in [0.1, 0.15) is 17.2 Å². The predicted molar refractivity (Wildman–Crippen MR) is 79.9 cm³/mol. The molecule has 0 saturated carbocycles. The fraction of sp³-hybridized carbons (Fsp3) is 0.647. The number of fused-ring (bicyclic) bond motifs is 1. The van der Waals surface area contributed by atoms with Gasteiger partial charge in [0.15, 0.2) is 0 Å². The molecule has 0 radical (unpaired) electrons. The highest BCUT2D eigenvalue weighted by molar-refractivity contribution is 5.38. The minimum atomic E-state index is -0.560. The second-order valence-corrected chi connectivity index (χ2v) is 7.35. The van der Waals surface area contributed by atoms with Gasteiger partial charge in [-0.25, -0.2) is 4.39 Å². The van der Waals surface area contributed by atoms with Crippen molar-refractivity contribution in [3.63, 3.8) is 0 Å². The Labute approximate surface area is 125 Å². The SMILES string of the molecule is CC(C)(C)N1CCC2(CC1)CC(O)c1ccc(F)cc1O2. The Hall–Kier alpha value is -1.13. The van der Waals surface area contributed by atoms with Crippen molar-refractivity contribution in [1.29, 1.82) is 0 Å². The monoisotopic (exact) mass is 293 g/mol. The first kappa shape index (κ1) is 14.8. The van der Waals surface area contributed by atoms with Gasteiger partial charge in [-0.3, -0.25) is 4.90 Å². The first-order valence-electron chi connectivity index (χ1n) is 7.71. The quantitative estimate of drug-likeness (QED) is 0.797. The van der Waals surface area contributed by atoms with Gasteiger partial charge in [-0.2, -0.15) is 0 Å². The summed E-state index contributed by atoms with van der Waals surface area (Å²) in [6, 6.07) is 4.41. The number of benzene rings is 1. The smallest absolute Gasteiger partial charge is 0.128 e. The maximum Gasteiger partial charge on any atom is 0.128 e. The Bertz CT molecular complexity index is 530. The molecule has 0 aromatic heterocycles. The second kappa shape index (κ2) is 4.96. The van der Waals surface area contributed by atoms with E-state index in [-0.39, 0.29) is 17.0 Å². The molecule has 1 atom stereocenters. The number of piperidine rings is 1. The first-order chi connectivity index (χ1) is 9.79. The maximum absolute atomic E-state index is 13.4. The number of rotatable bonds is 0. The molecule has 1 N–H and O–H groups in total. The van der Waals surface area contributed by atoms with Gasteiger partial charge < -0.3 is 9.84 Å². The van der Waals surface area contributed by atoms with Crippen LogP contribution in [0.15, 0.2) is 18.2 Å². The van der Waals surface area contributed by atoms with Crippen molar-refractivity contribution in [2.45, 2.75) is 57.3 Å². The van der Waals surface area contributed by atoms with Crippen molar-refractivity contribution < 1.29 is 14.2 Å². The van der Waals surface area contributed by atoms with Crippen LogP contribution in [-0.2, 0) is 0 Å². The van der Waals surface area contributed by atoms with E-state index < -0.39 is 6.10 Å². The third kappa shape index (κ3) is 2.79. The standard InChI is InChI=1S/C17H24FNO2/c1-16(2,3)19-8-6-17(7-9-19)11-14(20)13-5-4-12(18)10-15(13)21-17/h4-5,10,14,20H,6-9,11H2,1-3H3. The van der Waals surface area contributed by atoms with Crippen molar-refractivity contribution >= 4 is 0 Å². The average molecular weight is 293 g/mol. The van der Waals surface area contributed by atoms with Gasteiger partial charge in [0.25, 0.3) is 0 Å². The van der Waals surface area contributed by atoms with Crippen molar-refractivity contribution in [3.8, 4) is 5.75 Å². The summed E-state index contributed by atoms with van der Waals surface area (Å²) < 4.78 is 19.6. The summed E-state index contributed by atoms with van der Waals surface area (Å²) in [5, 5.41) is 10.4. The number of hydrogen-bond acceptors (Lipinski definition) is 3. The molecule has 1 aromatic carbocycles. The third-order valence-corrected chi connectivity index (χ3v) is 4.85. The summed E-state index contributed by atoms with van der Waals surface area (Å²) >= 11 is 0. The number of likely N-dealkylation sites (tertiary alicyclic amines) is 1. The number of nitrogens with zero attached hydrogens (tertiary/aromatic N) is 1. The van der Waals surface area contributed by atoms with Crippen LogP contribution in [-0.4, -0.2) is 34.2 Å². The normalized spacial score (nSPS) is 25.5. The fourth-order valence-electron chi connectivity index (χ4n) is 3.50. The van der Waals surface area contributed by atoms with Crippen LogP contribution in [0.25, 0.3) is 0 Å². The Morgan fingerprint density at radius 2 is 1.95 bits per heavy atom. The zero-order valence-electron chi connectivity index (χ0n) is 13.0. The average Bonchev–Trinajstić information content (AvgIpc) is 2.37. The van der Waals surface area contributed by atoms with Gasteiger partial charge in [-0.15, -0.1) is 0 Å². The molecule has 116 valence electrons. The largest absolute Gasteiger partial charge is 0.487 e. The molecule has 3 nitrogen and oxygen atoms in total. The van der Waals surface area contributed by atoms with Crippen LogP contribution in [0.3, 0.4) is 0 Å². The topological polar surface area (TPSA) is 32.7 Å². The van der Waals surface area contributed by atoms with E-state index in [1.54, 1.807) is 6.07 Å². The van der Waals surface area contributed by atoms with Crippen LogP contribution in [0.2, 0.25) is 0 Å². The molecule has 2 aliphatic heterocycles. The molecular formula is C17H24FNO2.